The monoisotopic (exact) mass is 409 g/mol. The van der Waals surface area contributed by atoms with Gasteiger partial charge >= 0.3 is 5.97 Å². The maximum Gasteiger partial charge on any atom is 0.305 e. The lowest BCUT2D eigenvalue weighted by Gasteiger charge is -2.20. The number of carbonyl (C=O) groups is 1. The first-order valence-corrected chi connectivity index (χ1v) is 8.23. The minimum Gasteiger partial charge on any atom is -0.497 e. The number of nitrogens with zero attached hydrogens (tertiary/aromatic N) is 1. The molecule has 3 N–H and O–H groups in total. The van der Waals surface area contributed by atoms with Crippen molar-refractivity contribution < 1.29 is 14.6 Å². The quantitative estimate of drug-likeness (QED) is 0.630. The van der Waals surface area contributed by atoms with Crippen molar-refractivity contribution in [2.45, 2.75) is 12.5 Å². The molecule has 1 aromatic carbocycles. The lowest BCUT2D eigenvalue weighted by Crippen LogP contribution is -2.33. The number of halogens is 1. The van der Waals surface area contributed by atoms with Crippen LogP contribution in [0.1, 0.15) is 18.0 Å². The lowest BCUT2D eigenvalue weighted by atomic mass is 10.0. The molecule has 0 aliphatic carbocycles. The van der Waals surface area contributed by atoms with Crippen LogP contribution in [0.3, 0.4) is 0 Å². The van der Waals surface area contributed by atoms with E-state index in [9.17, 15) is 4.79 Å². The fourth-order valence-electron chi connectivity index (χ4n) is 2.05. The van der Waals surface area contributed by atoms with E-state index < -0.39 is 12.0 Å². The first kappa shape index (κ1) is 18.2. The number of methoxy groups -OCH3 is 1. The van der Waals surface area contributed by atoms with Gasteiger partial charge in [0, 0.05) is 10.7 Å². The van der Waals surface area contributed by atoms with E-state index in [4.69, 9.17) is 22.1 Å². The molecule has 6 nitrogen and oxygen atoms in total. The van der Waals surface area contributed by atoms with Crippen molar-refractivity contribution in [3.8, 4) is 5.75 Å². The Hall–Kier alpha value is -2.19. The normalized spacial score (nSPS) is 11.4. The van der Waals surface area contributed by atoms with Crippen molar-refractivity contribution in [2.75, 3.05) is 12.4 Å². The van der Waals surface area contributed by atoms with Gasteiger partial charge in [-0.15, -0.1) is 0 Å². The summed E-state index contributed by atoms with van der Waals surface area (Å²) < 4.78 is 6.04. The van der Waals surface area contributed by atoms with Crippen LogP contribution < -0.4 is 15.4 Å². The van der Waals surface area contributed by atoms with Gasteiger partial charge < -0.3 is 20.5 Å². The Morgan fingerprint density at radius 1 is 1.42 bits per heavy atom. The molecule has 126 valence electrons. The van der Waals surface area contributed by atoms with E-state index in [-0.39, 0.29) is 6.42 Å². The number of hydrogen-bond acceptors (Lipinski definition) is 4. The third kappa shape index (κ3) is 5.47. The number of aromatic nitrogens is 1. The molecule has 0 aliphatic rings. The largest absolute Gasteiger partial charge is 0.497 e. The Labute approximate surface area is 153 Å². The zero-order chi connectivity index (χ0) is 17.5. The van der Waals surface area contributed by atoms with E-state index >= 15 is 0 Å². The van der Waals surface area contributed by atoms with Crippen molar-refractivity contribution >= 4 is 45.0 Å². The number of carboxylic acid groups (broad SMARTS) is 1. The molecule has 2 rings (SSSR count). The first-order valence-electron chi connectivity index (χ1n) is 7.02. The highest BCUT2D eigenvalue weighted by molar-refractivity contribution is 9.10. The SMILES string of the molecule is COc1cccc(C(CC(=O)O)NC(=S)Nc2ccc(Br)cn2)c1. The number of aliphatic carboxylic acids is 1. The molecule has 1 atom stereocenters. The number of hydrogen-bond donors (Lipinski definition) is 3. The molecule has 2 aromatic rings. The van der Waals surface area contributed by atoms with Gasteiger partial charge in [0.2, 0.25) is 0 Å². The number of rotatable bonds is 6. The Morgan fingerprint density at radius 3 is 2.83 bits per heavy atom. The maximum absolute atomic E-state index is 11.2. The van der Waals surface area contributed by atoms with Gasteiger partial charge in [0.25, 0.3) is 0 Å². The number of pyridine rings is 1. The van der Waals surface area contributed by atoms with E-state index in [1.165, 1.54) is 0 Å². The van der Waals surface area contributed by atoms with E-state index in [0.29, 0.717) is 16.7 Å². The summed E-state index contributed by atoms with van der Waals surface area (Å²) in [4.78, 5) is 15.3. The van der Waals surface area contributed by atoms with E-state index in [0.717, 1.165) is 10.0 Å². The predicted octanol–water partition coefficient (Wildman–Crippen LogP) is 3.36. The molecule has 8 heteroatoms. The molecule has 0 aliphatic heterocycles. The van der Waals surface area contributed by atoms with Gasteiger partial charge in [-0.3, -0.25) is 4.79 Å². The minimum absolute atomic E-state index is 0.122. The zero-order valence-electron chi connectivity index (χ0n) is 12.8. The molecule has 0 saturated carbocycles. The number of anilines is 1. The van der Waals surface area contributed by atoms with Gasteiger partial charge in [-0.1, -0.05) is 12.1 Å². The van der Waals surface area contributed by atoms with Crippen molar-refractivity contribution in [1.29, 1.82) is 0 Å². The summed E-state index contributed by atoms with van der Waals surface area (Å²) in [5, 5.41) is 15.4. The van der Waals surface area contributed by atoms with Crippen LogP contribution in [0.15, 0.2) is 47.1 Å². The van der Waals surface area contributed by atoms with E-state index in [2.05, 4.69) is 31.5 Å². The third-order valence-corrected chi connectivity index (χ3v) is 3.84. The number of nitrogens with one attached hydrogen (secondary N) is 2. The van der Waals surface area contributed by atoms with E-state index in [1.54, 1.807) is 37.6 Å². The summed E-state index contributed by atoms with van der Waals surface area (Å²) in [6, 6.07) is 10.3. The molecule has 24 heavy (non-hydrogen) atoms. The van der Waals surface area contributed by atoms with Gasteiger partial charge in [-0.05, 0) is 58.0 Å². The second-order valence-electron chi connectivity index (χ2n) is 4.89. The third-order valence-electron chi connectivity index (χ3n) is 3.15. The number of thiocarbonyl (C=S) groups is 1. The number of benzene rings is 1. The smallest absolute Gasteiger partial charge is 0.305 e. The Morgan fingerprint density at radius 2 is 2.21 bits per heavy atom. The van der Waals surface area contributed by atoms with Crippen LogP contribution in [0.25, 0.3) is 0 Å². The minimum atomic E-state index is -0.931. The average Bonchev–Trinajstić information content (AvgIpc) is 2.56. The first-order chi connectivity index (χ1) is 11.5. The van der Waals surface area contributed by atoms with Crippen LogP contribution in [-0.2, 0) is 4.79 Å². The van der Waals surface area contributed by atoms with Gasteiger partial charge in [0.1, 0.15) is 11.6 Å². The molecule has 1 heterocycles. The molecule has 0 bridgehead atoms. The predicted molar refractivity (Wildman–Crippen MR) is 99.3 cm³/mol. The van der Waals surface area contributed by atoms with Crippen LogP contribution in [0.2, 0.25) is 0 Å². The zero-order valence-corrected chi connectivity index (χ0v) is 15.2. The van der Waals surface area contributed by atoms with Gasteiger partial charge in [0.05, 0.1) is 19.6 Å². The van der Waals surface area contributed by atoms with Crippen molar-refractivity contribution in [3.05, 3.63) is 52.6 Å². The summed E-state index contributed by atoms with van der Waals surface area (Å²) in [5.74, 6) is 0.286. The Balaban J connectivity index is 2.11. The summed E-state index contributed by atoms with van der Waals surface area (Å²) in [5.41, 5.74) is 0.768. The van der Waals surface area contributed by atoms with Crippen molar-refractivity contribution in [1.82, 2.24) is 10.3 Å². The average molecular weight is 410 g/mol. The van der Waals surface area contributed by atoms with Crippen LogP contribution in [0, 0.1) is 0 Å². The molecule has 0 amide bonds. The van der Waals surface area contributed by atoms with Crippen molar-refractivity contribution in [3.63, 3.8) is 0 Å². The Bertz CT molecular complexity index is 725. The molecule has 0 saturated heterocycles. The highest BCUT2D eigenvalue weighted by Crippen LogP contribution is 2.22. The number of carboxylic acids is 1. The maximum atomic E-state index is 11.2. The van der Waals surface area contributed by atoms with Gasteiger partial charge in [0.15, 0.2) is 5.11 Å². The van der Waals surface area contributed by atoms with E-state index in [1.807, 2.05) is 12.1 Å². The van der Waals surface area contributed by atoms with Gasteiger partial charge in [-0.2, -0.15) is 0 Å². The molecular formula is C16H16BrN3O3S. The fraction of sp³-hybridized carbons (Fsp3) is 0.188. The standard InChI is InChI=1S/C16H16BrN3O3S/c1-23-12-4-2-3-10(7-12)13(8-15(21)22)19-16(24)20-14-6-5-11(17)9-18-14/h2-7,9,13H,8H2,1H3,(H,21,22)(H2,18,19,20,24). The number of ether oxygens (including phenoxy) is 1. The molecule has 0 spiro atoms. The fourth-order valence-corrected chi connectivity index (χ4v) is 2.53. The summed E-state index contributed by atoms with van der Waals surface area (Å²) in [6.45, 7) is 0. The topological polar surface area (TPSA) is 83.5 Å². The van der Waals surface area contributed by atoms with Crippen LogP contribution in [0.5, 0.6) is 5.75 Å². The van der Waals surface area contributed by atoms with Crippen LogP contribution in [-0.4, -0.2) is 28.3 Å². The van der Waals surface area contributed by atoms with Crippen molar-refractivity contribution in [2.24, 2.45) is 0 Å². The van der Waals surface area contributed by atoms with Crippen LogP contribution >= 0.6 is 28.1 Å². The summed E-state index contributed by atoms with van der Waals surface area (Å²) in [7, 11) is 1.56. The molecular weight excluding hydrogens is 394 g/mol. The highest BCUT2D eigenvalue weighted by Gasteiger charge is 2.17. The van der Waals surface area contributed by atoms with Crippen LogP contribution in [0.4, 0.5) is 5.82 Å². The molecule has 1 unspecified atom stereocenters. The summed E-state index contributed by atoms with van der Waals surface area (Å²) >= 11 is 8.57. The Kier molecular flexibility index (Phi) is 6.51. The lowest BCUT2D eigenvalue weighted by molar-refractivity contribution is -0.137. The molecule has 1 aromatic heterocycles. The summed E-state index contributed by atoms with van der Waals surface area (Å²) in [6.07, 6.45) is 1.52. The second kappa shape index (κ2) is 8.60. The molecule has 0 radical (unpaired) electrons. The van der Waals surface area contributed by atoms with Gasteiger partial charge in [-0.25, -0.2) is 4.98 Å². The highest BCUT2D eigenvalue weighted by atomic mass is 79.9. The second-order valence-corrected chi connectivity index (χ2v) is 6.21. The molecule has 0 fully saturated rings.